The van der Waals surface area contributed by atoms with E-state index in [2.05, 4.69) is 10.3 Å². The topological polar surface area (TPSA) is 62.3 Å². The maximum Gasteiger partial charge on any atom is 0.233 e. The molecule has 1 aromatic carbocycles. The van der Waals surface area contributed by atoms with Gasteiger partial charge < -0.3 is 10.2 Å². The van der Waals surface area contributed by atoms with Gasteiger partial charge in [-0.25, -0.2) is 0 Å². The normalized spacial score (nSPS) is 10.2. The first kappa shape index (κ1) is 16.7. The van der Waals surface area contributed by atoms with Crippen LogP contribution < -0.4 is 5.32 Å². The highest BCUT2D eigenvalue weighted by Crippen LogP contribution is 2.13. The SMILES string of the molecule is CCN(Cc1ccccn1)C(=O)CC(=O)Nc1ccccc1C. The quantitative estimate of drug-likeness (QED) is 0.834. The lowest BCUT2D eigenvalue weighted by atomic mass is 10.2. The third-order valence-electron chi connectivity index (χ3n) is 3.54. The number of hydrogen-bond donors (Lipinski definition) is 1. The third kappa shape index (κ3) is 4.92. The summed E-state index contributed by atoms with van der Waals surface area (Å²) in [7, 11) is 0. The first-order valence-electron chi connectivity index (χ1n) is 7.63. The lowest BCUT2D eigenvalue weighted by Gasteiger charge is -2.20. The van der Waals surface area contributed by atoms with Gasteiger partial charge >= 0.3 is 0 Å². The largest absolute Gasteiger partial charge is 0.337 e. The fourth-order valence-electron chi connectivity index (χ4n) is 2.22. The van der Waals surface area contributed by atoms with Gasteiger partial charge in [-0.2, -0.15) is 0 Å². The summed E-state index contributed by atoms with van der Waals surface area (Å²) in [6.45, 7) is 4.75. The van der Waals surface area contributed by atoms with E-state index >= 15 is 0 Å². The van der Waals surface area contributed by atoms with E-state index in [4.69, 9.17) is 0 Å². The molecule has 23 heavy (non-hydrogen) atoms. The smallest absolute Gasteiger partial charge is 0.233 e. The fourth-order valence-corrected chi connectivity index (χ4v) is 2.22. The van der Waals surface area contributed by atoms with Crippen molar-refractivity contribution in [3.63, 3.8) is 0 Å². The molecule has 0 aliphatic rings. The Hall–Kier alpha value is -2.69. The highest BCUT2D eigenvalue weighted by molar-refractivity contribution is 6.03. The summed E-state index contributed by atoms with van der Waals surface area (Å²) < 4.78 is 0. The number of aromatic nitrogens is 1. The summed E-state index contributed by atoms with van der Waals surface area (Å²) in [5.41, 5.74) is 2.51. The minimum absolute atomic E-state index is 0.172. The van der Waals surface area contributed by atoms with Gasteiger partial charge in [-0.1, -0.05) is 24.3 Å². The van der Waals surface area contributed by atoms with Crippen LogP contribution >= 0.6 is 0 Å². The molecule has 0 atom stereocenters. The van der Waals surface area contributed by atoms with E-state index in [1.165, 1.54) is 0 Å². The molecule has 0 bridgehead atoms. The third-order valence-corrected chi connectivity index (χ3v) is 3.54. The molecule has 120 valence electrons. The Kier molecular flexibility index (Phi) is 5.86. The van der Waals surface area contributed by atoms with Crippen LogP contribution in [0.4, 0.5) is 5.69 Å². The number of nitrogens with zero attached hydrogens (tertiary/aromatic N) is 2. The van der Waals surface area contributed by atoms with Crippen molar-refractivity contribution >= 4 is 17.5 Å². The zero-order chi connectivity index (χ0) is 16.7. The maximum absolute atomic E-state index is 12.3. The number of amides is 2. The summed E-state index contributed by atoms with van der Waals surface area (Å²) in [6, 6.07) is 13.1. The Labute approximate surface area is 136 Å². The average molecular weight is 311 g/mol. The van der Waals surface area contributed by atoms with Crippen LogP contribution in [0.25, 0.3) is 0 Å². The van der Waals surface area contributed by atoms with Crippen molar-refractivity contribution in [2.45, 2.75) is 26.8 Å². The van der Waals surface area contributed by atoms with Gasteiger partial charge in [0.05, 0.1) is 12.2 Å². The van der Waals surface area contributed by atoms with Crippen molar-refractivity contribution in [1.29, 1.82) is 0 Å². The van der Waals surface area contributed by atoms with Crippen LogP contribution in [0.2, 0.25) is 0 Å². The van der Waals surface area contributed by atoms with Crippen molar-refractivity contribution < 1.29 is 9.59 Å². The molecular weight excluding hydrogens is 290 g/mol. The number of hydrogen-bond acceptors (Lipinski definition) is 3. The summed E-state index contributed by atoms with van der Waals surface area (Å²) >= 11 is 0. The van der Waals surface area contributed by atoms with E-state index in [0.29, 0.717) is 13.1 Å². The van der Waals surface area contributed by atoms with E-state index in [1.807, 2.05) is 56.3 Å². The average Bonchev–Trinajstić information content (AvgIpc) is 2.55. The van der Waals surface area contributed by atoms with E-state index in [1.54, 1.807) is 11.1 Å². The minimum Gasteiger partial charge on any atom is -0.337 e. The van der Waals surface area contributed by atoms with Crippen LogP contribution in [0.1, 0.15) is 24.6 Å². The number of benzene rings is 1. The summed E-state index contributed by atoms with van der Waals surface area (Å²) in [5.74, 6) is -0.506. The van der Waals surface area contributed by atoms with Gasteiger partial charge in [-0.05, 0) is 37.6 Å². The zero-order valence-corrected chi connectivity index (χ0v) is 13.5. The molecule has 0 aliphatic heterocycles. The second-order valence-electron chi connectivity index (χ2n) is 5.27. The van der Waals surface area contributed by atoms with Crippen LogP contribution in [0.3, 0.4) is 0 Å². The molecule has 2 amide bonds. The van der Waals surface area contributed by atoms with Crippen LogP contribution in [0.15, 0.2) is 48.7 Å². The number of para-hydroxylation sites is 1. The van der Waals surface area contributed by atoms with Crippen molar-refractivity contribution in [3.05, 3.63) is 59.9 Å². The first-order valence-corrected chi connectivity index (χ1v) is 7.63. The van der Waals surface area contributed by atoms with Gasteiger partial charge in [-0.15, -0.1) is 0 Å². The summed E-state index contributed by atoms with van der Waals surface area (Å²) in [5, 5.41) is 2.78. The van der Waals surface area contributed by atoms with Crippen molar-refractivity contribution in [1.82, 2.24) is 9.88 Å². The fraction of sp³-hybridized carbons (Fsp3) is 0.278. The highest BCUT2D eigenvalue weighted by atomic mass is 16.2. The van der Waals surface area contributed by atoms with Gasteiger partial charge in [0.2, 0.25) is 11.8 Å². The minimum atomic E-state index is -0.302. The van der Waals surface area contributed by atoms with Gasteiger partial charge in [0.25, 0.3) is 0 Å². The second kappa shape index (κ2) is 8.08. The maximum atomic E-state index is 12.3. The van der Waals surface area contributed by atoms with E-state index < -0.39 is 0 Å². The molecule has 0 saturated carbocycles. The Balaban J connectivity index is 1.94. The molecule has 0 unspecified atom stereocenters. The second-order valence-corrected chi connectivity index (χ2v) is 5.27. The van der Waals surface area contributed by atoms with E-state index in [9.17, 15) is 9.59 Å². The number of pyridine rings is 1. The Morgan fingerprint density at radius 2 is 1.87 bits per heavy atom. The molecule has 2 aromatic rings. The number of nitrogens with one attached hydrogen (secondary N) is 1. The molecule has 1 N–H and O–H groups in total. The predicted octanol–water partition coefficient (Wildman–Crippen LogP) is 2.77. The highest BCUT2D eigenvalue weighted by Gasteiger charge is 2.17. The lowest BCUT2D eigenvalue weighted by Crippen LogP contribution is -2.33. The van der Waals surface area contributed by atoms with Crippen LogP contribution in [-0.4, -0.2) is 28.2 Å². The van der Waals surface area contributed by atoms with Crippen LogP contribution in [-0.2, 0) is 16.1 Å². The molecule has 0 radical (unpaired) electrons. The van der Waals surface area contributed by atoms with Gasteiger partial charge in [0, 0.05) is 18.4 Å². The van der Waals surface area contributed by atoms with Gasteiger partial charge in [0.15, 0.2) is 0 Å². The van der Waals surface area contributed by atoms with Crippen molar-refractivity contribution in [2.75, 3.05) is 11.9 Å². The number of carbonyl (C=O) groups is 2. The molecule has 0 fully saturated rings. The van der Waals surface area contributed by atoms with E-state index in [-0.39, 0.29) is 18.2 Å². The molecule has 0 aliphatic carbocycles. The monoisotopic (exact) mass is 311 g/mol. The van der Waals surface area contributed by atoms with Crippen LogP contribution in [0, 0.1) is 6.92 Å². The molecule has 5 heteroatoms. The Morgan fingerprint density at radius 3 is 2.52 bits per heavy atom. The van der Waals surface area contributed by atoms with Crippen molar-refractivity contribution in [2.24, 2.45) is 0 Å². The molecule has 5 nitrogen and oxygen atoms in total. The molecular formula is C18H21N3O2. The molecule has 0 spiro atoms. The number of carbonyl (C=O) groups excluding carboxylic acids is 2. The lowest BCUT2D eigenvalue weighted by molar-refractivity contribution is -0.135. The van der Waals surface area contributed by atoms with Crippen LogP contribution in [0.5, 0.6) is 0 Å². The van der Waals surface area contributed by atoms with Gasteiger partial charge in [0.1, 0.15) is 6.42 Å². The first-order chi connectivity index (χ1) is 11.1. The zero-order valence-electron chi connectivity index (χ0n) is 13.5. The summed E-state index contributed by atoms with van der Waals surface area (Å²) in [4.78, 5) is 30.2. The number of aryl methyl sites for hydroxylation is 1. The Bertz CT molecular complexity index is 671. The molecule has 0 saturated heterocycles. The molecule has 1 aromatic heterocycles. The molecule has 1 heterocycles. The standard InChI is InChI=1S/C18H21N3O2/c1-3-21(13-15-9-6-7-11-19-15)18(23)12-17(22)20-16-10-5-4-8-14(16)2/h4-11H,3,12-13H2,1-2H3,(H,20,22). The predicted molar refractivity (Wildman–Crippen MR) is 89.8 cm³/mol. The number of anilines is 1. The number of rotatable bonds is 6. The van der Waals surface area contributed by atoms with Crippen molar-refractivity contribution in [3.8, 4) is 0 Å². The van der Waals surface area contributed by atoms with Gasteiger partial charge in [-0.3, -0.25) is 14.6 Å². The molecule has 2 rings (SSSR count). The Morgan fingerprint density at radius 1 is 1.13 bits per heavy atom. The summed E-state index contributed by atoms with van der Waals surface area (Å²) in [6.07, 6.45) is 1.52. The van der Waals surface area contributed by atoms with E-state index in [0.717, 1.165) is 16.9 Å².